The number of pyridine rings is 2. The van der Waals surface area contributed by atoms with Crippen molar-refractivity contribution in [2.24, 2.45) is 0 Å². The molecule has 0 radical (unpaired) electrons. The van der Waals surface area contributed by atoms with Crippen molar-refractivity contribution in [3.8, 4) is 17.3 Å². The van der Waals surface area contributed by atoms with E-state index in [-0.39, 0.29) is 12.5 Å². The van der Waals surface area contributed by atoms with Gasteiger partial charge in [-0.15, -0.1) is 0 Å². The molecule has 0 saturated carbocycles. The molecule has 1 aliphatic heterocycles. The normalized spacial score (nSPS) is 13.9. The van der Waals surface area contributed by atoms with Crippen molar-refractivity contribution < 1.29 is 14.6 Å². The van der Waals surface area contributed by atoms with Crippen LogP contribution in [0.15, 0.2) is 42.9 Å². The Morgan fingerprint density at radius 2 is 2.17 bits per heavy atom. The quantitative estimate of drug-likeness (QED) is 0.660. The molecule has 1 atom stereocenters. The summed E-state index contributed by atoms with van der Waals surface area (Å²) in [7, 11) is 0. The zero-order valence-electron chi connectivity index (χ0n) is 16.7. The van der Waals surface area contributed by atoms with Crippen molar-refractivity contribution in [1.82, 2.24) is 25.3 Å². The first kappa shape index (κ1) is 19.7. The third kappa shape index (κ3) is 4.06. The number of amides is 1. The number of rotatable bonds is 5. The van der Waals surface area contributed by atoms with Crippen LogP contribution < -0.4 is 15.0 Å². The van der Waals surface area contributed by atoms with Crippen LogP contribution >= 0.6 is 0 Å². The molecule has 30 heavy (non-hydrogen) atoms. The smallest absolute Gasteiger partial charge is 0.255 e. The number of nitrogens with one attached hydrogen (secondary N) is 1. The molecule has 154 valence electrons. The molecule has 4 heterocycles. The molecular weight excluding hydrogens is 384 g/mol. The summed E-state index contributed by atoms with van der Waals surface area (Å²) in [5.74, 6) is 1.25. The first-order valence-corrected chi connectivity index (χ1v) is 9.64. The largest absolute Gasteiger partial charge is 0.486 e. The van der Waals surface area contributed by atoms with E-state index in [1.54, 1.807) is 25.4 Å². The molecule has 1 unspecified atom stereocenters. The number of carbonyl (C=O) groups excluding carboxylic acids is 1. The number of aryl methyl sites for hydroxylation is 1. The summed E-state index contributed by atoms with van der Waals surface area (Å²) in [6.07, 6.45) is 4.12. The van der Waals surface area contributed by atoms with Gasteiger partial charge < -0.3 is 20.1 Å². The summed E-state index contributed by atoms with van der Waals surface area (Å²) in [5.41, 5.74) is 2.57. The fourth-order valence-electron chi connectivity index (χ4n) is 3.17. The maximum atomic E-state index is 12.7. The third-order valence-electron chi connectivity index (χ3n) is 4.57. The van der Waals surface area contributed by atoms with Crippen LogP contribution in [0.1, 0.15) is 23.0 Å². The molecule has 3 aromatic rings. The molecule has 0 aromatic carbocycles. The Bertz CT molecular complexity index is 1070. The maximum absolute atomic E-state index is 12.7. The molecule has 0 spiro atoms. The predicted molar refractivity (Wildman–Crippen MR) is 111 cm³/mol. The van der Waals surface area contributed by atoms with E-state index in [2.05, 4.69) is 20.3 Å². The Morgan fingerprint density at radius 1 is 1.30 bits per heavy atom. The SMILES string of the molecule is Cc1cccc(-c2ncc3c(n2)N(c2ccncc2C(=O)NCC(C)O)CCO3)n1. The molecule has 0 fully saturated rings. The number of aromatic nitrogens is 4. The van der Waals surface area contributed by atoms with E-state index in [1.807, 2.05) is 30.0 Å². The average molecular weight is 406 g/mol. The number of aliphatic hydroxyl groups excluding tert-OH is 1. The van der Waals surface area contributed by atoms with Crippen molar-refractivity contribution in [3.05, 3.63) is 54.1 Å². The number of ether oxygens (including phenoxy) is 1. The van der Waals surface area contributed by atoms with Crippen LogP contribution in [0.3, 0.4) is 0 Å². The minimum Gasteiger partial charge on any atom is -0.486 e. The van der Waals surface area contributed by atoms with E-state index in [0.717, 1.165) is 5.69 Å². The van der Waals surface area contributed by atoms with E-state index in [4.69, 9.17) is 9.72 Å². The van der Waals surface area contributed by atoms with Crippen molar-refractivity contribution in [3.63, 3.8) is 0 Å². The second-order valence-electron chi connectivity index (χ2n) is 7.00. The van der Waals surface area contributed by atoms with Crippen LogP contribution in [-0.4, -0.2) is 56.7 Å². The number of hydrogen-bond donors (Lipinski definition) is 2. The molecule has 4 rings (SSSR count). The van der Waals surface area contributed by atoms with Crippen molar-refractivity contribution >= 4 is 17.4 Å². The van der Waals surface area contributed by atoms with Crippen molar-refractivity contribution in [2.75, 3.05) is 24.6 Å². The Balaban J connectivity index is 1.73. The third-order valence-corrected chi connectivity index (χ3v) is 4.57. The van der Waals surface area contributed by atoms with Crippen LogP contribution in [0.25, 0.3) is 11.5 Å². The van der Waals surface area contributed by atoms with Gasteiger partial charge in [-0.1, -0.05) is 6.07 Å². The number of fused-ring (bicyclic) bond motifs is 1. The fourth-order valence-corrected chi connectivity index (χ4v) is 3.17. The van der Waals surface area contributed by atoms with Gasteiger partial charge in [0.25, 0.3) is 5.91 Å². The van der Waals surface area contributed by atoms with E-state index in [1.165, 1.54) is 6.20 Å². The number of nitrogens with zero attached hydrogens (tertiary/aromatic N) is 5. The highest BCUT2D eigenvalue weighted by Crippen LogP contribution is 2.36. The molecule has 9 nitrogen and oxygen atoms in total. The van der Waals surface area contributed by atoms with Gasteiger partial charge in [0.05, 0.1) is 30.1 Å². The van der Waals surface area contributed by atoms with Crippen LogP contribution in [0.5, 0.6) is 5.75 Å². The van der Waals surface area contributed by atoms with Crippen LogP contribution in [-0.2, 0) is 0 Å². The first-order valence-electron chi connectivity index (χ1n) is 9.64. The van der Waals surface area contributed by atoms with Gasteiger partial charge in [0.2, 0.25) is 0 Å². The number of aliphatic hydroxyl groups is 1. The molecule has 9 heteroatoms. The molecule has 2 N–H and O–H groups in total. The molecule has 1 aliphatic rings. The molecule has 1 amide bonds. The van der Waals surface area contributed by atoms with Crippen LogP contribution in [0, 0.1) is 6.92 Å². The van der Waals surface area contributed by atoms with E-state index >= 15 is 0 Å². The highest BCUT2D eigenvalue weighted by Gasteiger charge is 2.26. The highest BCUT2D eigenvalue weighted by atomic mass is 16.5. The maximum Gasteiger partial charge on any atom is 0.255 e. The summed E-state index contributed by atoms with van der Waals surface area (Å²) in [6, 6.07) is 7.43. The molecular formula is C21H22N6O3. The standard InChI is InChI=1S/C21H22N6O3/c1-13-4-3-5-16(25-13)19-23-12-18-20(26-19)27(8-9-30-18)17-6-7-22-11-15(17)21(29)24-10-14(2)28/h3-7,11-12,14,28H,8-10H2,1-2H3,(H,24,29). The molecule has 0 aliphatic carbocycles. The highest BCUT2D eigenvalue weighted by molar-refractivity contribution is 6.00. The van der Waals surface area contributed by atoms with E-state index in [9.17, 15) is 9.90 Å². The summed E-state index contributed by atoms with van der Waals surface area (Å²) in [5, 5.41) is 12.2. The zero-order chi connectivity index (χ0) is 21.1. The van der Waals surface area contributed by atoms with Crippen molar-refractivity contribution in [1.29, 1.82) is 0 Å². The van der Waals surface area contributed by atoms with Gasteiger partial charge in [-0.05, 0) is 32.0 Å². The number of carbonyl (C=O) groups is 1. The first-order chi connectivity index (χ1) is 14.5. The fraction of sp³-hybridized carbons (Fsp3) is 0.286. The summed E-state index contributed by atoms with van der Waals surface area (Å²) in [4.78, 5) is 32.3. The molecule has 3 aromatic heterocycles. The van der Waals surface area contributed by atoms with Gasteiger partial charge >= 0.3 is 0 Å². The van der Waals surface area contributed by atoms with E-state index < -0.39 is 6.10 Å². The minimum absolute atomic E-state index is 0.151. The second kappa shape index (κ2) is 8.42. The van der Waals surface area contributed by atoms with Gasteiger partial charge in [-0.25, -0.2) is 15.0 Å². The summed E-state index contributed by atoms with van der Waals surface area (Å²) >= 11 is 0. The van der Waals surface area contributed by atoms with Crippen LogP contribution in [0.2, 0.25) is 0 Å². The van der Waals surface area contributed by atoms with Gasteiger partial charge in [-0.3, -0.25) is 9.78 Å². The second-order valence-corrected chi connectivity index (χ2v) is 7.00. The molecule has 0 saturated heterocycles. The lowest BCUT2D eigenvalue weighted by Gasteiger charge is -2.31. The van der Waals surface area contributed by atoms with Gasteiger partial charge in [0, 0.05) is 24.6 Å². The van der Waals surface area contributed by atoms with Gasteiger partial charge in [-0.2, -0.15) is 0 Å². The lowest BCUT2D eigenvalue weighted by Crippen LogP contribution is -2.34. The summed E-state index contributed by atoms with van der Waals surface area (Å²) < 4.78 is 5.73. The molecule has 0 bridgehead atoms. The van der Waals surface area contributed by atoms with Crippen LogP contribution in [0.4, 0.5) is 11.5 Å². The Kier molecular flexibility index (Phi) is 5.53. The predicted octanol–water partition coefficient (Wildman–Crippen LogP) is 1.88. The summed E-state index contributed by atoms with van der Waals surface area (Å²) in [6.45, 7) is 4.60. The number of anilines is 2. The monoisotopic (exact) mass is 406 g/mol. The average Bonchev–Trinajstić information content (AvgIpc) is 2.76. The van der Waals surface area contributed by atoms with Crippen molar-refractivity contribution in [2.45, 2.75) is 20.0 Å². The Morgan fingerprint density at radius 3 is 2.97 bits per heavy atom. The Labute approximate surface area is 173 Å². The van der Waals surface area contributed by atoms with Gasteiger partial charge in [0.1, 0.15) is 12.3 Å². The van der Waals surface area contributed by atoms with E-state index in [0.29, 0.717) is 47.5 Å². The number of hydrogen-bond acceptors (Lipinski definition) is 8. The Hall–Kier alpha value is -3.59. The lowest BCUT2D eigenvalue weighted by atomic mass is 10.1. The topological polar surface area (TPSA) is 113 Å². The van der Waals surface area contributed by atoms with Gasteiger partial charge in [0.15, 0.2) is 17.4 Å². The zero-order valence-corrected chi connectivity index (χ0v) is 16.7. The lowest BCUT2D eigenvalue weighted by molar-refractivity contribution is 0.0924. The minimum atomic E-state index is -0.643.